The summed E-state index contributed by atoms with van der Waals surface area (Å²) in [7, 11) is 0. The van der Waals surface area contributed by atoms with Crippen molar-refractivity contribution >= 4 is 35.9 Å². The number of fused-ring (bicyclic) bond motifs is 2. The molecule has 0 fully saturated rings. The summed E-state index contributed by atoms with van der Waals surface area (Å²) in [5, 5.41) is 4.58. The van der Waals surface area contributed by atoms with E-state index in [4.69, 9.17) is 16.2 Å². The molecule has 1 aliphatic carbocycles. The number of hydrogen-bond donors (Lipinski definition) is 6. The van der Waals surface area contributed by atoms with Gasteiger partial charge < -0.3 is 26.3 Å². The molecule has 0 saturated heterocycles. The molecule has 2 aromatic carbocycles. The number of alkyl carbamates (subject to hydrolysis) is 2. The average Bonchev–Trinajstić information content (AvgIpc) is 3.05. The predicted molar refractivity (Wildman–Crippen MR) is 154 cm³/mol. The zero-order chi connectivity index (χ0) is 31.9. The van der Waals surface area contributed by atoms with Crippen LogP contribution in [0.5, 0.6) is 0 Å². The highest BCUT2D eigenvalue weighted by atomic mass is 16.6. The van der Waals surface area contributed by atoms with Crippen molar-refractivity contribution in [1.82, 2.24) is 21.5 Å². The molecule has 0 radical (unpaired) electrons. The van der Waals surface area contributed by atoms with Crippen LogP contribution in [0.15, 0.2) is 36.4 Å². The van der Waals surface area contributed by atoms with Gasteiger partial charge >= 0.3 is 18.2 Å². The Kier molecular flexibility index (Phi) is 9.96. The Morgan fingerprint density at radius 1 is 0.837 bits per heavy atom. The van der Waals surface area contributed by atoms with Crippen molar-refractivity contribution in [2.45, 2.75) is 58.0 Å². The van der Waals surface area contributed by atoms with E-state index in [1.165, 1.54) is 12.1 Å². The van der Waals surface area contributed by atoms with Gasteiger partial charge in [0.2, 0.25) is 11.8 Å². The minimum atomic E-state index is -1.60. The minimum absolute atomic E-state index is 0.0212. The fraction of sp³-hybridized carbons (Fsp3) is 0.379. The quantitative estimate of drug-likeness (QED) is 0.257. The maximum atomic E-state index is 14.3. The number of rotatable bonds is 7. The normalized spacial score (nSPS) is 13.2. The standard InChI is InChI=1S/C29H36N6O8/c1-5-42-27(41)33-25(39)35-34-24(38)29(12-13-32-26(40)43-28(2,3)4)20-10-8-18(22(30)36)14-16(20)6-7-17-15-19(23(31)37)9-11-21(17)29/h8-11,14-15H,5-7,12-13H2,1-4H3,(H2,30,36)(H2,31,37)(H,32,40)(H,34,38)(H2,33,35,39,41). The van der Waals surface area contributed by atoms with Crippen LogP contribution in [-0.4, -0.2) is 54.7 Å². The molecular weight excluding hydrogens is 560 g/mol. The van der Waals surface area contributed by atoms with Gasteiger partial charge in [0.05, 0.1) is 6.61 Å². The van der Waals surface area contributed by atoms with Crippen LogP contribution in [-0.2, 0) is 32.5 Å². The molecule has 0 unspecified atom stereocenters. The molecule has 0 aromatic heterocycles. The number of amides is 7. The molecule has 0 bridgehead atoms. The third-order valence-corrected chi connectivity index (χ3v) is 6.70. The van der Waals surface area contributed by atoms with Gasteiger partial charge in [-0.3, -0.25) is 19.8 Å². The number of nitrogens with two attached hydrogens (primary N) is 2. The van der Waals surface area contributed by atoms with Gasteiger partial charge in [0, 0.05) is 17.7 Å². The van der Waals surface area contributed by atoms with E-state index in [2.05, 4.69) is 20.9 Å². The van der Waals surface area contributed by atoms with Crippen molar-refractivity contribution in [1.29, 1.82) is 0 Å². The van der Waals surface area contributed by atoms with E-state index in [-0.39, 0.29) is 30.7 Å². The highest BCUT2D eigenvalue weighted by molar-refractivity contribution is 5.98. The third kappa shape index (κ3) is 7.78. The molecular formula is C29H36N6O8. The highest BCUT2D eigenvalue weighted by Crippen LogP contribution is 2.43. The van der Waals surface area contributed by atoms with Crippen molar-refractivity contribution in [3.05, 3.63) is 69.8 Å². The third-order valence-electron chi connectivity index (χ3n) is 6.70. The lowest BCUT2D eigenvalue weighted by molar-refractivity contribution is -0.126. The minimum Gasteiger partial charge on any atom is -0.450 e. The van der Waals surface area contributed by atoms with Crippen molar-refractivity contribution in [2.75, 3.05) is 13.2 Å². The van der Waals surface area contributed by atoms with Gasteiger partial charge in [0.1, 0.15) is 11.0 Å². The van der Waals surface area contributed by atoms with Crippen LogP contribution >= 0.6 is 0 Å². The summed E-state index contributed by atoms with van der Waals surface area (Å²) in [5.41, 5.74) is 15.8. The van der Waals surface area contributed by atoms with Crippen LogP contribution in [0.1, 0.15) is 77.1 Å². The lowest BCUT2D eigenvalue weighted by atomic mass is 9.69. The first-order valence-electron chi connectivity index (χ1n) is 13.6. The van der Waals surface area contributed by atoms with Gasteiger partial charge in [-0.15, -0.1) is 0 Å². The second-order valence-electron chi connectivity index (χ2n) is 10.8. The highest BCUT2D eigenvalue weighted by Gasteiger charge is 2.46. The molecule has 230 valence electrons. The lowest BCUT2D eigenvalue weighted by Gasteiger charge is -2.35. The molecule has 8 N–H and O–H groups in total. The molecule has 43 heavy (non-hydrogen) atoms. The molecule has 0 spiro atoms. The second kappa shape index (κ2) is 13.2. The fourth-order valence-electron chi connectivity index (χ4n) is 4.96. The Balaban J connectivity index is 2.14. The number of carbonyl (C=O) groups is 6. The summed E-state index contributed by atoms with van der Waals surface area (Å²) in [6.45, 7) is 6.64. The predicted octanol–water partition coefficient (Wildman–Crippen LogP) is 1.67. The zero-order valence-corrected chi connectivity index (χ0v) is 24.4. The number of urea groups is 1. The number of imide groups is 1. The molecule has 7 amide bonds. The molecule has 1 aliphatic rings. The molecule has 0 aliphatic heterocycles. The average molecular weight is 597 g/mol. The van der Waals surface area contributed by atoms with Crippen LogP contribution < -0.4 is 33.0 Å². The van der Waals surface area contributed by atoms with E-state index in [0.717, 1.165) is 0 Å². The SMILES string of the molecule is CCOC(=O)NC(=O)NNC(=O)C1(CCNC(=O)OC(C)(C)C)c2ccc(C(N)=O)cc2CCc2cc(C(N)=O)ccc21. The van der Waals surface area contributed by atoms with Gasteiger partial charge in [-0.25, -0.2) is 25.1 Å². The summed E-state index contributed by atoms with van der Waals surface area (Å²) >= 11 is 0. The van der Waals surface area contributed by atoms with Gasteiger partial charge in [-0.2, -0.15) is 0 Å². The smallest absolute Gasteiger partial charge is 0.415 e. The monoisotopic (exact) mass is 596 g/mol. The van der Waals surface area contributed by atoms with E-state index >= 15 is 0 Å². The number of carbonyl (C=O) groups excluding carboxylic acids is 6. The van der Waals surface area contributed by atoms with Crippen LogP contribution in [0, 0.1) is 0 Å². The first kappa shape index (κ1) is 32.4. The summed E-state index contributed by atoms with van der Waals surface area (Å²) in [5.74, 6) is -2.07. The molecule has 3 rings (SSSR count). The number of hydrogen-bond acceptors (Lipinski definition) is 8. The Morgan fingerprint density at radius 2 is 1.37 bits per heavy atom. The Morgan fingerprint density at radius 3 is 1.84 bits per heavy atom. The van der Waals surface area contributed by atoms with Crippen LogP contribution in [0.25, 0.3) is 0 Å². The number of primary amides is 2. The van der Waals surface area contributed by atoms with Crippen molar-refractivity contribution in [3.63, 3.8) is 0 Å². The van der Waals surface area contributed by atoms with Gasteiger partial charge in [0.25, 0.3) is 5.91 Å². The summed E-state index contributed by atoms with van der Waals surface area (Å²) < 4.78 is 10.0. The first-order valence-corrected chi connectivity index (χ1v) is 13.6. The maximum Gasteiger partial charge on any atom is 0.415 e. The number of ether oxygens (including phenoxy) is 2. The fourth-order valence-corrected chi connectivity index (χ4v) is 4.96. The molecule has 14 nitrogen and oxygen atoms in total. The van der Waals surface area contributed by atoms with E-state index in [9.17, 15) is 28.8 Å². The summed E-state index contributed by atoms with van der Waals surface area (Å²) in [6.07, 6.45) is -1.06. The van der Waals surface area contributed by atoms with Crippen LogP contribution in [0.3, 0.4) is 0 Å². The largest absolute Gasteiger partial charge is 0.450 e. The second-order valence-corrected chi connectivity index (χ2v) is 10.8. The van der Waals surface area contributed by atoms with Crippen molar-refractivity contribution < 1.29 is 38.2 Å². The van der Waals surface area contributed by atoms with E-state index < -0.39 is 47.0 Å². The van der Waals surface area contributed by atoms with Gasteiger partial charge in [-0.05, 0) is 93.5 Å². The van der Waals surface area contributed by atoms with Crippen LogP contribution in [0.2, 0.25) is 0 Å². The molecule has 14 heteroatoms. The van der Waals surface area contributed by atoms with Gasteiger partial charge in [0.15, 0.2) is 0 Å². The van der Waals surface area contributed by atoms with E-state index in [1.54, 1.807) is 52.0 Å². The van der Waals surface area contributed by atoms with E-state index in [1.807, 2.05) is 5.32 Å². The first-order chi connectivity index (χ1) is 20.2. The topological polar surface area (TPSA) is 221 Å². The van der Waals surface area contributed by atoms with E-state index in [0.29, 0.717) is 35.1 Å². The molecule has 2 aromatic rings. The lowest BCUT2D eigenvalue weighted by Crippen LogP contribution is -2.56. The summed E-state index contributed by atoms with van der Waals surface area (Å²) in [4.78, 5) is 74.8. The van der Waals surface area contributed by atoms with Crippen LogP contribution in [0.4, 0.5) is 14.4 Å². The number of nitrogens with one attached hydrogen (secondary N) is 4. The number of hydrazine groups is 1. The number of aryl methyl sites for hydroxylation is 2. The maximum absolute atomic E-state index is 14.3. The Bertz CT molecular complexity index is 1380. The zero-order valence-electron chi connectivity index (χ0n) is 24.4. The molecule has 0 heterocycles. The molecule has 0 atom stereocenters. The Hall–Kier alpha value is -5.14. The van der Waals surface area contributed by atoms with Crippen molar-refractivity contribution in [2.24, 2.45) is 11.5 Å². The molecule has 0 saturated carbocycles. The Labute approximate surface area is 248 Å². The summed E-state index contributed by atoms with van der Waals surface area (Å²) in [6, 6.07) is 8.26. The number of benzene rings is 2. The van der Waals surface area contributed by atoms with Crippen molar-refractivity contribution in [3.8, 4) is 0 Å². The van der Waals surface area contributed by atoms with Gasteiger partial charge in [-0.1, -0.05) is 12.1 Å².